The minimum atomic E-state index is 0.735. The van der Waals surface area contributed by atoms with Gasteiger partial charge >= 0.3 is 0 Å². The molecule has 0 spiro atoms. The van der Waals surface area contributed by atoms with E-state index in [0.717, 1.165) is 39.5 Å². The Morgan fingerprint density at radius 1 is 1.04 bits per heavy atom. The van der Waals surface area contributed by atoms with Crippen LogP contribution in [0.15, 0.2) is 53.7 Å². The summed E-state index contributed by atoms with van der Waals surface area (Å²) in [7, 11) is 0. The Hall–Kier alpha value is -2.40. The highest BCUT2D eigenvalue weighted by Crippen LogP contribution is 2.28. The van der Waals surface area contributed by atoms with E-state index >= 15 is 0 Å². The fourth-order valence-corrected chi connectivity index (χ4v) is 3.54. The highest BCUT2D eigenvalue weighted by atomic mass is 32.2. The van der Waals surface area contributed by atoms with Crippen molar-refractivity contribution in [3.63, 3.8) is 0 Å². The van der Waals surface area contributed by atoms with Crippen LogP contribution in [0.25, 0.3) is 22.1 Å². The summed E-state index contributed by atoms with van der Waals surface area (Å²) in [6.45, 7) is 5.00. The van der Waals surface area contributed by atoms with Crippen molar-refractivity contribution in [2.75, 3.05) is 5.75 Å². The molecule has 24 heavy (non-hydrogen) atoms. The minimum absolute atomic E-state index is 0.735. The standard InChI is InChI=1S/C19H18N4S/c1-3-24-19-20-18-17(21-22-19)15-9-4-5-10-16(15)23(18)12-14-8-6-7-13(2)11-14/h4-11H,3,12H2,1-2H3. The maximum Gasteiger partial charge on any atom is 0.211 e. The molecule has 0 bridgehead atoms. The number of aryl methyl sites for hydroxylation is 1. The molecular weight excluding hydrogens is 316 g/mol. The van der Waals surface area contributed by atoms with Crippen LogP contribution in [0.2, 0.25) is 0 Å². The second-order valence-corrected chi connectivity index (χ2v) is 7.02. The van der Waals surface area contributed by atoms with Crippen molar-refractivity contribution >= 4 is 33.8 Å². The fraction of sp³-hybridized carbons (Fsp3) is 0.211. The molecule has 2 heterocycles. The molecule has 2 aromatic carbocycles. The molecule has 0 atom stereocenters. The SMILES string of the molecule is CCSc1nnc2c3ccccc3n(Cc3cccc(C)c3)c2n1. The number of benzene rings is 2. The van der Waals surface area contributed by atoms with Gasteiger partial charge in [0.25, 0.3) is 0 Å². The molecule has 0 aliphatic rings. The van der Waals surface area contributed by atoms with Crippen molar-refractivity contribution in [2.24, 2.45) is 0 Å². The van der Waals surface area contributed by atoms with Gasteiger partial charge in [0.15, 0.2) is 5.65 Å². The van der Waals surface area contributed by atoms with Crippen molar-refractivity contribution in [1.29, 1.82) is 0 Å². The Labute approximate surface area is 144 Å². The molecular formula is C19H18N4S. The zero-order valence-corrected chi connectivity index (χ0v) is 14.5. The van der Waals surface area contributed by atoms with E-state index < -0.39 is 0 Å². The van der Waals surface area contributed by atoms with Gasteiger partial charge in [-0.05, 0) is 24.3 Å². The summed E-state index contributed by atoms with van der Waals surface area (Å²) in [6, 6.07) is 16.9. The molecule has 0 saturated carbocycles. The van der Waals surface area contributed by atoms with Gasteiger partial charge in [0.1, 0.15) is 5.52 Å². The summed E-state index contributed by atoms with van der Waals surface area (Å²) in [5.74, 6) is 0.936. The summed E-state index contributed by atoms with van der Waals surface area (Å²) in [6.07, 6.45) is 0. The summed E-state index contributed by atoms with van der Waals surface area (Å²) >= 11 is 1.62. The van der Waals surface area contributed by atoms with Crippen molar-refractivity contribution in [1.82, 2.24) is 19.7 Å². The van der Waals surface area contributed by atoms with Crippen LogP contribution in [0, 0.1) is 6.92 Å². The number of thioether (sulfide) groups is 1. The van der Waals surface area contributed by atoms with Crippen molar-refractivity contribution in [3.05, 3.63) is 59.7 Å². The molecule has 0 aliphatic heterocycles. The molecule has 2 aromatic heterocycles. The van der Waals surface area contributed by atoms with Crippen LogP contribution in [0.1, 0.15) is 18.1 Å². The van der Waals surface area contributed by atoms with Crippen LogP contribution in [0.4, 0.5) is 0 Å². The lowest BCUT2D eigenvalue weighted by atomic mass is 10.1. The zero-order chi connectivity index (χ0) is 16.5. The Bertz CT molecular complexity index is 1020. The first-order valence-corrected chi connectivity index (χ1v) is 9.05. The Morgan fingerprint density at radius 3 is 2.75 bits per heavy atom. The lowest BCUT2D eigenvalue weighted by molar-refractivity contribution is 0.814. The van der Waals surface area contributed by atoms with Crippen molar-refractivity contribution in [2.45, 2.75) is 25.5 Å². The smallest absolute Gasteiger partial charge is 0.211 e. The second kappa shape index (κ2) is 6.24. The van der Waals surface area contributed by atoms with Gasteiger partial charge in [-0.3, -0.25) is 0 Å². The third kappa shape index (κ3) is 2.65. The number of para-hydroxylation sites is 1. The lowest BCUT2D eigenvalue weighted by Gasteiger charge is -2.08. The quantitative estimate of drug-likeness (QED) is 0.517. The molecule has 0 saturated heterocycles. The molecule has 0 radical (unpaired) electrons. The van der Waals surface area contributed by atoms with Crippen LogP contribution < -0.4 is 0 Å². The van der Waals surface area contributed by atoms with E-state index in [1.54, 1.807) is 11.8 Å². The predicted octanol–water partition coefficient (Wildman–Crippen LogP) is 4.45. The summed E-state index contributed by atoms with van der Waals surface area (Å²) in [5, 5.41) is 10.6. The molecule has 0 aliphatic carbocycles. The maximum absolute atomic E-state index is 4.77. The number of hydrogen-bond donors (Lipinski definition) is 0. The van der Waals surface area contributed by atoms with Gasteiger partial charge in [0.05, 0.1) is 5.52 Å². The van der Waals surface area contributed by atoms with Gasteiger partial charge in [-0.25, -0.2) is 4.98 Å². The molecule has 0 N–H and O–H groups in total. The van der Waals surface area contributed by atoms with E-state index in [0.29, 0.717) is 0 Å². The summed E-state index contributed by atoms with van der Waals surface area (Å²) in [5.41, 5.74) is 5.46. The van der Waals surface area contributed by atoms with Crippen LogP contribution in [-0.4, -0.2) is 25.5 Å². The third-order valence-electron chi connectivity index (χ3n) is 4.05. The van der Waals surface area contributed by atoms with E-state index in [9.17, 15) is 0 Å². The predicted molar refractivity (Wildman–Crippen MR) is 99.5 cm³/mol. The topological polar surface area (TPSA) is 43.6 Å². The average Bonchev–Trinajstić information content (AvgIpc) is 2.89. The van der Waals surface area contributed by atoms with E-state index in [4.69, 9.17) is 4.98 Å². The highest BCUT2D eigenvalue weighted by molar-refractivity contribution is 7.99. The molecule has 120 valence electrons. The van der Waals surface area contributed by atoms with Gasteiger partial charge in [0.2, 0.25) is 5.16 Å². The van der Waals surface area contributed by atoms with Gasteiger partial charge in [0, 0.05) is 11.9 Å². The Morgan fingerprint density at radius 2 is 1.92 bits per heavy atom. The largest absolute Gasteiger partial charge is 0.319 e. The van der Waals surface area contributed by atoms with Gasteiger partial charge in [-0.15, -0.1) is 10.2 Å². The maximum atomic E-state index is 4.77. The number of hydrogen-bond acceptors (Lipinski definition) is 4. The number of nitrogens with zero attached hydrogens (tertiary/aromatic N) is 4. The Kier molecular flexibility index (Phi) is 3.94. The first-order valence-electron chi connectivity index (χ1n) is 8.06. The second-order valence-electron chi connectivity index (χ2n) is 5.79. The van der Waals surface area contributed by atoms with Gasteiger partial charge < -0.3 is 4.57 Å². The molecule has 0 amide bonds. The van der Waals surface area contributed by atoms with Gasteiger partial charge in [-0.1, -0.05) is 66.7 Å². The monoisotopic (exact) mass is 334 g/mol. The number of aromatic nitrogens is 4. The van der Waals surface area contributed by atoms with Crippen molar-refractivity contribution < 1.29 is 0 Å². The third-order valence-corrected chi connectivity index (χ3v) is 4.77. The van der Waals surface area contributed by atoms with E-state index in [1.165, 1.54) is 11.1 Å². The first kappa shape index (κ1) is 15.1. The minimum Gasteiger partial charge on any atom is -0.319 e. The van der Waals surface area contributed by atoms with Gasteiger partial charge in [-0.2, -0.15) is 0 Å². The molecule has 4 rings (SSSR count). The number of rotatable bonds is 4. The average molecular weight is 334 g/mol. The van der Waals surface area contributed by atoms with Crippen LogP contribution >= 0.6 is 11.8 Å². The molecule has 4 nitrogen and oxygen atoms in total. The molecule has 4 aromatic rings. The van der Waals surface area contributed by atoms with E-state index in [1.807, 2.05) is 6.07 Å². The fourth-order valence-electron chi connectivity index (χ4n) is 3.03. The summed E-state index contributed by atoms with van der Waals surface area (Å²) in [4.78, 5) is 4.77. The van der Waals surface area contributed by atoms with Crippen molar-refractivity contribution in [3.8, 4) is 0 Å². The van der Waals surface area contributed by atoms with E-state index in [-0.39, 0.29) is 0 Å². The van der Waals surface area contributed by atoms with Crippen LogP contribution in [0.3, 0.4) is 0 Å². The highest BCUT2D eigenvalue weighted by Gasteiger charge is 2.14. The molecule has 0 unspecified atom stereocenters. The first-order chi connectivity index (χ1) is 11.8. The van der Waals surface area contributed by atoms with Crippen LogP contribution in [-0.2, 0) is 6.54 Å². The molecule has 5 heteroatoms. The normalized spacial score (nSPS) is 11.4. The number of fused-ring (bicyclic) bond motifs is 3. The lowest BCUT2D eigenvalue weighted by Crippen LogP contribution is -2.02. The Balaban J connectivity index is 1.94. The van der Waals surface area contributed by atoms with E-state index in [2.05, 4.69) is 71.1 Å². The van der Waals surface area contributed by atoms with Crippen LogP contribution in [0.5, 0.6) is 0 Å². The molecule has 0 fully saturated rings. The zero-order valence-electron chi connectivity index (χ0n) is 13.7. The summed E-state index contributed by atoms with van der Waals surface area (Å²) < 4.78 is 2.24.